The number of nitrogens with one attached hydrogen (secondary N) is 1. The van der Waals surface area contributed by atoms with Crippen molar-refractivity contribution in [3.63, 3.8) is 0 Å². The lowest BCUT2D eigenvalue weighted by Gasteiger charge is -2.02. The van der Waals surface area contributed by atoms with Crippen LogP contribution in [0.25, 0.3) is 11.0 Å². The molecule has 1 aromatic heterocycles. The lowest BCUT2D eigenvalue weighted by atomic mass is 10.1. The second-order valence-electron chi connectivity index (χ2n) is 4.16. The summed E-state index contributed by atoms with van der Waals surface area (Å²) in [6, 6.07) is 6.33. The molecule has 17 heavy (non-hydrogen) atoms. The number of imidazole rings is 1. The molecule has 0 atom stereocenters. The van der Waals surface area contributed by atoms with Gasteiger partial charge in [-0.05, 0) is 37.6 Å². The second-order valence-corrected chi connectivity index (χ2v) is 4.16. The molecule has 0 bridgehead atoms. The first-order valence-electron chi connectivity index (χ1n) is 5.78. The fourth-order valence-electron chi connectivity index (χ4n) is 1.92. The topological polar surface area (TPSA) is 46.9 Å². The number of nitrogens with zero attached hydrogens (tertiary/aromatic N) is 2. The summed E-state index contributed by atoms with van der Waals surface area (Å²) in [4.78, 5) is 14.7. The quantitative estimate of drug-likeness (QED) is 0.621. The predicted octanol–water partition coefficient (Wildman–Crippen LogP) is 1.21. The third kappa shape index (κ3) is 2.53. The summed E-state index contributed by atoms with van der Waals surface area (Å²) in [5, 5.41) is 3.05. The molecule has 0 aliphatic carbocycles. The molecule has 0 aliphatic heterocycles. The number of benzene rings is 1. The summed E-state index contributed by atoms with van der Waals surface area (Å²) in [6.07, 6.45) is 1.80. The molecule has 0 saturated carbocycles. The number of hydrogen-bond donors (Lipinski definition) is 1. The minimum Gasteiger partial charge on any atom is -0.331 e. The molecule has 4 heteroatoms. The van der Waals surface area contributed by atoms with Crippen LogP contribution >= 0.6 is 0 Å². The monoisotopic (exact) mass is 231 g/mol. The number of aldehydes is 1. The van der Waals surface area contributed by atoms with Crippen molar-refractivity contribution in [2.45, 2.75) is 13.3 Å². The molecule has 1 N–H and O–H groups in total. The van der Waals surface area contributed by atoms with E-state index in [1.165, 1.54) is 5.56 Å². The summed E-state index contributed by atoms with van der Waals surface area (Å²) in [6.45, 7) is 3.24. The number of aryl methyl sites for hydroxylation is 2. The van der Waals surface area contributed by atoms with Gasteiger partial charge in [0.2, 0.25) is 0 Å². The maximum Gasteiger partial charge on any atom is 0.133 e. The Morgan fingerprint density at radius 3 is 3.06 bits per heavy atom. The molecule has 2 aromatic rings. The number of fused-ring (bicyclic) bond motifs is 1. The molecule has 1 aromatic carbocycles. The van der Waals surface area contributed by atoms with Crippen molar-refractivity contribution in [3.8, 4) is 0 Å². The molecule has 0 unspecified atom stereocenters. The molecule has 1 heterocycles. The summed E-state index contributed by atoms with van der Waals surface area (Å²) in [5.41, 5.74) is 3.44. The van der Waals surface area contributed by atoms with E-state index < -0.39 is 0 Å². The molecular formula is C13H17N3O. The fourth-order valence-corrected chi connectivity index (χ4v) is 1.92. The molecular weight excluding hydrogens is 214 g/mol. The highest BCUT2D eigenvalue weighted by Crippen LogP contribution is 2.16. The van der Waals surface area contributed by atoms with Crippen LogP contribution in [0.4, 0.5) is 0 Å². The Balaban J connectivity index is 2.12. The highest BCUT2D eigenvalue weighted by Gasteiger charge is 2.04. The van der Waals surface area contributed by atoms with E-state index in [1.54, 1.807) is 0 Å². The standard InChI is InChI=1S/C13H17N3O/c1-10-15-12-9-11(5-6-14-7-8-17)3-4-13(12)16(10)2/h3-4,8-9,14H,5-7H2,1-2H3. The van der Waals surface area contributed by atoms with Gasteiger partial charge in [0, 0.05) is 7.05 Å². The van der Waals surface area contributed by atoms with E-state index in [2.05, 4.69) is 33.1 Å². The van der Waals surface area contributed by atoms with E-state index in [9.17, 15) is 4.79 Å². The lowest BCUT2D eigenvalue weighted by Crippen LogP contribution is -2.19. The van der Waals surface area contributed by atoms with Gasteiger partial charge >= 0.3 is 0 Å². The molecule has 4 nitrogen and oxygen atoms in total. The van der Waals surface area contributed by atoms with Gasteiger partial charge in [-0.3, -0.25) is 0 Å². The van der Waals surface area contributed by atoms with Gasteiger partial charge in [0.15, 0.2) is 0 Å². The van der Waals surface area contributed by atoms with Gasteiger partial charge < -0.3 is 14.7 Å². The lowest BCUT2D eigenvalue weighted by molar-refractivity contribution is -0.107. The van der Waals surface area contributed by atoms with Crippen molar-refractivity contribution in [2.24, 2.45) is 7.05 Å². The van der Waals surface area contributed by atoms with Crippen molar-refractivity contribution in [1.82, 2.24) is 14.9 Å². The number of carbonyl (C=O) groups excluding carboxylic acids is 1. The normalized spacial score (nSPS) is 10.9. The van der Waals surface area contributed by atoms with Crippen LogP contribution in [0.15, 0.2) is 18.2 Å². The van der Waals surface area contributed by atoms with Crippen LogP contribution in [-0.4, -0.2) is 28.9 Å². The Morgan fingerprint density at radius 1 is 1.47 bits per heavy atom. The molecule has 2 rings (SSSR count). The molecule has 90 valence electrons. The van der Waals surface area contributed by atoms with E-state index in [4.69, 9.17) is 0 Å². The number of hydrogen-bond acceptors (Lipinski definition) is 3. The Morgan fingerprint density at radius 2 is 2.29 bits per heavy atom. The maximum atomic E-state index is 10.2. The van der Waals surface area contributed by atoms with Crippen LogP contribution in [0.3, 0.4) is 0 Å². The predicted molar refractivity (Wildman–Crippen MR) is 68.1 cm³/mol. The molecule has 0 saturated heterocycles. The van der Waals surface area contributed by atoms with E-state index in [0.717, 1.165) is 36.1 Å². The van der Waals surface area contributed by atoms with Crippen molar-refractivity contribution in [3.05, 3.63) is 29.6 Å². The van der Waals surface area contributed by atoms with Crippen LogP contribution in [0, 0.1) is 6.92 Å². The number of rotatable bonds is 5. The van der Waals surface area contributed by atoms with Crippen molar-refractivity contribution < 1.29 is 4.79 Å². The molecule has 0 fully saturated rings. The van der Waals surface area contributed by atoms with Crippen molar-refractivity contribution in [2.75, 3.05) is 13.1 Å². The zero-order chi connectivity index (χ0) is 12.3. The van der Waals surface area contributed by atoms with Crippen LogP contribution < -0.4 is 5.32 Å². The molecule has 0 amide bonds. The van der Waals surface area contributed by atoms with Gasteiger partial charge in [0.1, 0.15) is 12.1 Å². The van der Waals surface area contributed by atoms with Gasteiger partial charge in [0.05, 0.1) is 17.6 Å². The molecule has 0 spiro atoms. The molecule has 0 radical (unpaired) electrons. The Labute approximate surface area is 101 Å². The summed E-state index contributed by atoms with van der Waals surface area (Å²) in [7, 11) is 2.02. The van der Waals surface area contributed by atoms with E-state index in [1.807, 2.05) is 14.0 Å². The number of carbonyl (C=O) groups is 1. The van der Waals surface area contributed by atoms with E-state index in [0.29, 0.717) is 6.54 Å². The zero-order valence-corrected chi connectivity index (χ0v) is 10.2. The Kier molecular flexibility index (Phi) is 3.54. The SMILES string of the molecule is Cc1nc2cc(CCNCC=O)ccc2n1C. The first-order valence-corrected chi connectivity index (χ1v) is 5.78. The summed E-state index contributed by atoms with van der Waals surface area (Å²) < 4.78 is 2.09. The zero-order valence-electron chi connectivity index (χ0n) is 10.2. The highest BCUT2D eigenvalue weighted by molar-refractivity contribution is 5.76. The Hall–Kier alpha value is -1.68. The molecule has 0 aliphatic rings. The van der Waals surface area contributed by atoms with Gasteiger partial charge in [-0.15, -0.1) is 0 Å². The van der Waals surface area contributed by atoms with Crippen LogP contribution in [-0.2, 0) is 18.3 Å². The van der Waals surface area contributed by atoms with Crippen LogP contribution in [0.5, 0.6) is 0 Å². The maximum absolute atomic E-state index is 10.2. The first kappa shape index (κ1) is 11.8. The smallest absolute Gasteiger partial charge is 0.133 e. The first-order chi connectivity index (χ1) is 8.22. The third-order valence-corrected chi connectivity index (χ3v) is 2.99. The minimum absolute atomic E-state index is 0.422. The van der Waals surface area contributed by atoms with E-state index in [-0.39, 0.29) is 0 Å². The highest BCUT2D eigenvalue weighted by atomic mass is 16.1. The largest absolute Gasteiger partial charge is 0.331 e. The van der Waals surface area contributed by atoms with Gasteiger partial charge in [0.25, 0.3) is 0 Å². The summed E-state index contributed by atoms with van der Waals surface area (Å²) >= 11 is 0. The van der Waals surface area contributed by atoms with E-state index >= 15 is 0 Å². The van der Waals surface area contributed by atoms with Crippen molar-refractivity contribution >= 4 is 17.3 Å². The fraction of sp³-hybridized carbons (Fsp3) is 0.385. The average Bonchev–Trinajstić information content (AvgIpc) is 2.61. The van der Waals surface area contributed by atoms with Crippen molar-refractivity contribution in [1.29, 1.82) is 0 Å². The second kappa shape index (κ2) is 5.10. The van der Waals surface area contributed by atoms with Crippen LogP contribution in [0.2, 0.25) is 0 Å². The van der Waals surface area contributed by atoms with Gasteiger partial charge in [-0.25, -0.2) is 4.98 Å². The average molecular weight is 231 g/mol. The third-order valence-electron chi connectivity index (χ3n) is 2.99. The van der Waals surface area contributed by atoms with Crippen LogP contribution in [0.1, 0.15) is 11.4 Å². The summed E-state index contributed by atoms with van der Waals surface area (Å²) in [5.74, 6) is 1.02. The van der Waals surface area contributed by atoms with Gasteiger partial charge in [-0.2, -0.15) is 0 Å². The van der Waals surface area contributed by atoms with Gasteiger partial charge in [-0.1, -0.05) is 6.07 Å². The minimum atomic E-state index is 0.422. The Bertz CT molecular complexity index is 531. The number of aromatic nitrogens is 2.